The monoisotopic (exact) mass is 333 g/mol. The molecule has 1 fully saturated rings. The maximum atomic E-state index is 12.6. The SMILES string of the molecule is CCCCCCC(=O)NC1=C(N)N2C(=N[C@@H]3CCC[C@@H]32)N(C)C1=O. The largest absolute Gasteiger partial charge is 0.383 e. The molecule has 132 valence electrons. The molecule has 0 saturated heterocycles. The van der Waals surface area contributed by atoms with Crippen LogP contribution in [0.5, 0.6) is 0 Å². The molecule has 2 aliphatic heterocycles. The highest BCUT2D eigenvalue weighted by Gasteiger charge is 2.47. The lowest BCUT2D eigenvalue weighted by Crippen LogP contribution is -2.55. The summed E-state index contributed by atoms with van der Waals surface area (Å²) in [4.78, 5) is 32.8. The zero-order valence-electron chi connectivity index (χ0n) is 14.5. The van der Waals surface area contributed by atoms with Crippen molar-refractivity contribution in [3.63, 3.8) is 0 Å². The number of guanidine groups is 1. The molecule has 0 spiro atoms. The topological polar surface area (TPSA) is 91.0 Å². The number of nitrogens with zero attached hydrogens (tertiary/aromatic N) is 3. The van der Waals surface area contributed by atoms with E-state index in [-0.39, 0.29) is 29.6 Å². The van der Waals surface area contributed by atoms with Crippen LogP contribution in [-0.4, -0.2) is 46.7 Å². The summed E-state index contributed by atoms with van der Waals surface area (Å²) in [6, 6.07) is 0.421. The molecule has 2 heterocycles. The van der Waals surface area contributed by atoms with E-state index in [0.29, 0.717) is 18.2 Å². The lowest BCUT2D eigenvalue weighted by molar-refractivity contribution is -0.127. The van der Waals surface area contributed by atoms with Crippen molar-refractivity contribution in [1.29, 1.82) is 0 Å². The first-order valence-corrected chi connectivity index (χ1v) is 8.99. The third kappa shape index (κ3) is 2.87. The minimum atomic E-state index is -0.288. The van der Waals surface area contributed by atoms with E-state index in [9.17, 15) is 9.59 Å². The Morgan fingerprint density at radius 3 is 2.88 bits per heavy atom. The van der Waals surface area contributed by atoms with Gasteiger partial charge in [0.25, 0.3) is 5.91 Å². The van der Waals surface area contributed by atoms with Crippen LogP contribution in [0, 0.1) is 0 Å². The fraction of sp³-hybridized carbons (Fsp3) is 0.706. The van der Waals surface area contributed by atoms with Crippen molar-refractivity contribution >= 4 is 17.8 Å². The Morgan fingerprint density at radius 2 is 2.12 bits per heavy atom. The van der Waals surface area contributed by atoms with Crippen LogP contribution < -0.4 is 11.1 Å². The van der Waals surface area contributed by atoms with Crippen LogP contribution in [0.25, 0.3) is 0 Å². The first-order valence-electron chi connectivity index (χ1n) is 8.99. The summed E-state index contributed by atoms with van der Waals surface area (Å²) in [6.07, 6.45) is 7.68. The van der Waals surface area contributed by atoms with Crippen molar-refractivity contribution in [2.24, 2.45) is 10.7 Å². The van der Waals surface area contributed by atoms with Crippen LogP contribution >= 0.6 is 0 Å². The molecule has 0 aromatic heterocycles. The van der Waals surface area contributed by atoms with Gasteiger partial charge in [0.05, 0.1) is 12.1 Å². The number of nitrogens with one attached hydrogen (secondary N) is 1. The van der Waals surface area contributed by atoms with Crippen LogP contribution in [0.1, 0.15) is 58.3 Å². The molecule has 7 nitrogen and oxygen atoms in total. The van der Waals surface area contributed by atoms with Gasteiger partial charge in [0.1, 0.15) is 11.5 Å². The number of nitrogens with two attached hydrogens (primary N) is 1. The van der Waals surface area contributed by atoms with Crippen LogP contribution in [0.15, 0.2) is 16.5 Å². The Hall–Kier alpha value is -2.05. The standard InChI is InChI=1S/C17H27N5O2/c1-3-4-5-6-10-13(23)20-14-15(18)22-12-9-7-8-11(12)19-17(22)21(2)16(14)24/h11-12H,3-10,18H2,1-2H3,(H,20,23)/t11-,12+/m1/s1. The summed E-state index contributed by atoms with van der Waals surface area (Å²) in [5.74, 6) is 0.527. The molecule has 0 bridgehead atoms. The van der Waals surface area contributed by atoms with Crippen molar-refractivity contribution in [3.05, 3.63) is 11.5 Å². The number of likely N-dealkylation sites (N-methyl/N-ethyl adjacent to an activating group) is 1. The van der Waals surface area contributed by atoms with Gasteiger partial charge in [0, 0.05) is 13.5 Å². The molecule has 1 aliphatic carbocycles. The highest BCUT2D eigenvalue weighted by Crippen LogP contribution is 2.36. The van der Waals surface area contributed by atoms with Crippen molar-refractivity contribution in [2.75, 3.05) is 7.05 Å². The number of fused-ring (bicyclic) bond motifs is 3. The molecular formula is C17H27N5O2. The van der Waals surface area contributed by atoms with Crippen LogP contribution in [0.2, 0.25) is 0 Å². The van der Waals surface area contributed by atoms with E-state index in [1.165, 1.54) is 4.90 Å². The molecule has 0 aromatic carbocycles. The zero-order valence-corrected chi connectivity index (χ0v) is 14.5. The lowest BCUT2D eigenvalue weighted by Gasteiger charge is -2.36. The maximum absolute atomic E-state index is 12.6. The average Bonchev–Trinajstić information content (AvgIpc) is 3.14. The van der Waals surface area contributed by atoms with E-state index in [2.05, 4.69) is 17.2 Å². The van der Waals surface area contributed by atoms with Crippen molar-refractivity contribution < 1.29 is 9.59 Å². The van der Waals surface area contributed by atoms with Crippen molar-refractivity contribution in [3.8, 4) is 0 Å². The minimum Gasteiger partial charge on any atom is -0.383 e. The predicted octanol–water partition coefficient (Wildman–Crippen LogP) is 1.27. The second kappa shape index (κ2) is 6.83. The first kappa shape index (κ1) is 16.8. The van der Waals surface area contributed by atoms with E-state index in [1.807, 2.05) is 4.90 Å². The molecular weight excluding hydrogens is 306 g/mol. The Bertz CT molecular complexity index is 598. The van der Waals surface area contributed by atoms with Gasteiger partial charge in [-0.2, -0.15) is 0 Å². The number of hydrogen-bond donors (Lipinski definition) is 2. The molecule has 3 aliphatic rings. The number of amides is 2. The molecule has 2 amide bonds. The molecule has 2 atom stereocenters. The van der Waals surface area contributed by atoms with E-state index < -0.39 is 0 Å². The van der Waals surface area contributed by atoms with E-state index in [1.54, 1.807) is 7.05 Å². The summed E-state index contributed by atoms with van der Waals surface area (Å²) < 4.78 is 0. The molecule has 0 unspecified atom stereocenters. The smallest absolute Gasteiger partial charge is 0.280 e. The summed E-state index contributed by atoms with van der Waals surface area (Å²) >= 11 is 0. The number of hydrogen-bond acceptors (Lipinski definition) is 5. The quantitative estimate of drug-likeness (QED) is 0.716. The number of aliphatic imine (C=N–C) groups is 1. The van der Waals surface area contributed by atoms with Gasteiger partial charge in [-0.1, -0.05) is 26.2 Å². The van der Waals surface area contributed by atoms with E-state index in [4.69, 9.17) is 5.73 Å². The fourth-order valence-corrected chi connectivity index (χ4v) is 3.79. The average molecular weight is 333 g/mol. The molecule has 0 aromatic rings. The second-order valence-electron chi connectivity index (χ2n) is 6.85. The summed E-state index contributed by atoms with van der Waals surface area (Å²) in [7, 11) is 1.69. The van der Waals surface area contributed by atoms with Gasteiger partial charge in [-0.3, -0.25) is 19.4 Å². The first-order chi connectivity index (χ1) is 11.5. The Kier molecular flexibility index (Phi) is 4.78. The fourth-order valence-electron chi connectivity index (χ4n) is 3.79. The molecule has 3 rings (SSSR count). The molecule has 1 saturated carbocycles. The predicted molar refractivity (Wildman–Crippen MR) is 91.6 cm³/mol. The van der Waals surface area contributed by atoms with E-state index in [0.717, 1.165) is 44.9 Å². The van der Waals surface area contributed by atoms with Crippen molar-refractivity contribution in [2.45, 2.75) is 70.4 Å². The van der Waals surface area contributed by atoms with Crippen molar-refractivity contribution in [1.82, 2.24) is 15.1 Å². The summed E-state index contributed by atoms with van der Waals surface area (Å²) in [5.41, 5.74) is 6.46. The second-order valence-corrected chi connectivity index (χ2v) is 6.85. The summed E-state index contributed by atoms with van der Waals surface area (Å²) in [6.45, 7) is 2.13. The number of rotatable bonds is 6. The van der Waals surface area contributed by atoms with Gasteiger partial charge in [0.2, 0.25) is 11.9 Å². The number of carbonyl (C=O) groups is 2. The Balaban J connectivity index is 1.73. The van der Waals surface area contributed by atoms with Gasteiger partial charge in [-0.05, 0) is 25.7 Å². The highest BCUT2D eigenvalue weighted by molar-refractivity contribution is 6.10. The highest BCUT2D eigenvalue weighted by atomic mass is 16.2. The lowest BCUT2D eigenvalue weighted by atomic mass is 10.1. The maximum Gasteiger partial charge on any atom is 0.280 e. The van der Waals surface area contributed by atoms with Crippen LogP contribution in [0.4, 0.5) is 0 Å². The van der Waals surface area contributed by atoms with Gasteiger partial charge in [0.15, 0.2) is 0 Å². The summed E-state index contributed by atoms with van der Waals surface area (Å²) in [5, 5.41) is 2.75. The third-order valence-electron chi connectivity index (χ3n) is 5.13. The molecule has 24 heavy (non-hydrogen) atoms. The van der Waals surface area contributed by atoms with Gasteiger partial charge >= 0.3 is 0 Å². The Morgan fingerprint density at radius 1 is 1.33 bits per heavy atom. The molecule has 7 heteroatoms. The third-order valence-corrected chi connectivity index (χ3v) is 5.13. The molecule has 0 radical (unpaired) electrons. The van der Waals surface area contributed by atoms with Crippen LogP contribution in [0.3, 0.4) is 0 Å². The van der Waals surface area contributed by atoms with Crippen LogP contribution in [-0.2, 0) is 9.59 Å². The van der Waals surface area contributed by atoms with Gasteiger partial charge in [-0.25, -0.2) is 4.99 Å². The normalized spacial score (nSPS) is 25.8. The number of carbonyl (C=O) groups excluding carboxylic acids is 2. The minimum absolute atomic E-state index is 0.145. The Labute approximate surface area is 142 Å². The molecule has 3 N–H and O–H groups in total. The zero-order chi connectivity index (χ0) is 17.3. The van der Waals surface area contributed by atoms with Gasteiger partial charge in [-0.15, -0.1) is 0 Å². The number of unbranched alkanes of at least 4 members (excludes halogenated alkanes) is 3. The van der Waals surface area contributed by atoms with Gasteiger partial charge < -0.3 is 11.1 Å². The van der Waals surface area contributed by atoms with E-state index >= 15 is 0 Å².